The molecule has 0 aliphatic rings. The Labute approximate surface area is 245 Å². The maximum Gasteiger partial charge on any atom is 0.179 e. The van der Waals surface area contributed by atoms with Crippen molar-refractivity contribution in [1.29, 1.82) is 10.5 Å². The zero-order valence-electron chi connectivity index (χ0n) is 25.4. The van der Waals surface area contributed by atoms with Crippen LogP contribution in [0, 0.1) is 34.5 Å². The Morgan fingerprint density at radius 2 is 0.875 bits per heavy atom. The third-order valence-corrected chi connectivity index (χ3v) is 11.7. The van der Waals surface area contributed by atoms with E-state index < -0.39 is 19.7 Å². The molecule has 1 aromatic rings. The summed E-state index contributed by atoms with van der Waals surface area (Å²) in [5.41, 5.74) is -0.203. The van der Waals surface area contributed by atoms with Crippen LogP contribution in [0.1, 0.15) is 142 Å². The lowest BCUT2D eigenvalue weighted by Gasteiger charge is -2.21. The molecule has 0 aromatic heterocycles. The predicted octanol–water partition coefficient (Wildman–Crippen LogP) is 8.53. The lowest BCUT2D eigenvalue weighted by Crippen LogP contribution is -2.23. The molecule has 0 heterocycles. The quantitative estimate of drug-likeness (QED) is 0.125. The standard InChI is InChI=1S/C32H52N2O4S2/c1-5-9-13-15-19-27(17-11-7-3)25-39(35,36)31-21-29(23-33)30(24-34)22-32(31)40(37,38)26-28(18-12-8-4)20-16-14-10-6-2/h21-22,27-28H,5-20,25-26H2,1-4H3. The lowest BCUT2D eigenvalue weighted by molar-refractivity contribution is 0.439. The van der Waals surface area contributed by atoms with Crippen molar-refractivity contribution < 1.29 is 16.8 Å². The molecule has 0 amide bonds. The summed E-state index contributed by atoms with van der Waals surface area (Å²) in [4.78, 5) is -0.614. The van der Waals surface area contributed by atoms with Crippen LogP contribution in [0.5, 0.6) is 0 Å². The lowest BCUT2D eigenvalue weighted by atomic mass is 9.97. The van der Waals surface area contributed by atoms with Crippen LogP contribution in [0.25, 0.3) is 0 Å². The Balaban J connectivity index is 3.48. The van der Waals surface area contributed by atoms with Crippen LogP contribution in [0.2, 0.25) is 0 Å². The Morgan fingerprint density at radius 1 is 0.550 bits per heavy atom. The fraction of sp³-hybridized carbons (Fsp3) is 0.750. The van der Waals surface area contributed by atoms with Gasteiger partial charge in [-0.25, -0.2) is 16.8 Å². The van der Waals surface area contributed by atoms with Gasteiger partial charge in [-0.15, -0.1) is 0 Å². The molecule has 0 saturated carbocycles. The minimum atomic E-state index is -4.02. The number of rotatable bonds is 22. The maximum absolute atomic E-state index is 13.9. The molecule has 0 aliphatic heterocycles. The fourth-order valence-corrected chi connectivity index (χ4v) is 9.71. The first-order chi connectivity index (χ1) is 19.1. The molecule has 0 spiro atoms. The smallest absolute Gasteiger partial charge is 0.179 e. The van der Waals surface area contributed by atoms with Crippen LogP contribution in [-0.4, -0.2) is 28.3 Å². The van der Waals surface area contributed by atoms with Gasteiger partial charge < -0.3 is 0 Å². The molecule has 1 aromatic carbocycles. The van der Waals surface area contributed by atoms with E-state index in [4.69, 9.17) is 0 Å². The summed E-state index contributed by atoms with van der Waals surface area (Å²) >= 11 is 0. The Morgan fingerprint density at radius 3 is 1.18 bits per heavy atom. The molecule has 6 nitrogen and oxygen atoms in total. The first-order valence-electron chi connectivity index (χ1n) is 15.5. The van der Waals surface area contributed by atoms with Crippen molar-refractivity contribution in [3.05, 3.63) is 23.3 Å². The van der Waals surface area contributed by atoms with Gasteiger partial charge in [-0.3, -0.25) is 0 Å². The van der Waals surface area contributed by atoms with Gasteiger partial charge in [0, 0.05) is 0 Å². The van der Waals surface area contributed by atoms with E-state index in [1.165, 1.54) is 0 Å². The van der Waals surface area contributed by atoms with Crippen molar-refractivity contribution in [1.82, 2.24) is 0 Å². The van der Waals surface area contributed by atoms with Crippen molar-refractivity contribution in [3.63, 3.8) is 0 Å². The molecule has 0 fully saturated rings. The topological polar surface area (TPSA) is 116 Å². The normalized spacial score (nSPS) is 13.4. The van der Waals surface area contributed by atoms with Crippen molar-refractivity contribution in [2.45, 2.75) is 140 Å². The van der Waals surface area contributed by atoms with E-state index in [9.17, 15) is 27.4 Å². The molecule has 0 bridgehead atoms. The van der Waals surface area contributed by atoms with Crippen molar-refractivity contribution in [3.8, 4) is 12.1 Å². The highest BCUT2D eigenvalue weighted by Crippen LogP contribution is 2.32. The van der Waals surface area contributed by atoms with Gasteiger partial charge in [-0.2, -0.15) is 10.5 Å². The highest BCUT2D eigenvalue weighted by atomic mass is 32.2. The average Bonchev–Trinajstić information content (AvgIpc) is 2.93. The van der Waals surface area contributed by atoms with Crippen LogP contribution < -0.4 is 0 Å². The first kappa shape index (κ1) is 36.1. The largest absolute Gasteiger partial charge is 0.224 e. The second-order valence-corrected chi connectivity index (χ2v) is 15.4. The van der Waals surface area contributed by atoms with Gasteiger partial charge in [-0.05, 0) is 49.7 Å². The van der Waals surface area contributed by atoms with E-state index in [-0.39, 0.29) is 44.3 Å². The third-order valence-electron chi connectivity index (χ3n) is 7.77. The second kappa shape index (κ2) is 19.3. The molecule has 0 aliphatic carbocycles. The molecule has 0 radical (unpaired) electrons. The number of hydrogen-bond acceptors (Lipinski definition) is 6. The van der Waals surface area contributed by atoms with Crippen molar-refractivity contribution in [2.24, 2.45) is 11.8 Å². The number of unbranched alkanes of at least 4 members (excludes halogenated alkanes) is 8. The first-order valence-corrected chi connectivity index (χ1v) is 18.8. The van der Waals surface area contributed by atoms with Crippen LogP contribution in [-0.2, 0) is 19.7 Å². The maximum atomic E-state index is 13.9. The van der Waals surface area contributed by atoms with Gasteiger partial charge in [0.15, 0.2) is 19.7 Å². The predicted molar refractivity (Wildman–Crippen MR) is 164 cm³/mol. The number of benzene rings is 1. The summed E-state index contributed by atoms with van der Waals surface area (Å²) in [5.74, 6) is -0.438. The second-order valence-electron chi connectivity index (χ2n) is 11.3. The molecule has 2 atom stereocenters. The Bertz CT molecular complexity index is 1090. The number of nitriles is 2. The zero-order chi connectivity index (χ0) is 30.0. The molecule has 226 valence electrons. The monoisotopic (exact) mass is 592 g/mol. The van der Waals surface area contributed by atoms with E-state index >= 15 is 0 Å². The minimum absolute atomic E-state index is 0.0746. The molecule has 40 heavy (non-hydrogen) atoms. The van der Waals surface area contributed by atoms with Crippen LogP contribution in [0.15, 0.2) is 21.9 Å². The highest BCUT2D eigenvalue weighted by molar-refractivity contribution is 7.94. The van der Waals surface area contributed by atoms with E-state index in [0.717, 1.165) is 115 Å². The number of hydrogen-bond donors (Lipinski definition) is 0. The number of sulfone groups is 2. The molecule has 1 rings (SSSR count). The van der Waals surface area contributed by atoms with Gasteiger partial charge in [-0.1, -0.05) is 105 Å². The summed E-state index contributed by atoms with van der Waals surface area (Å²) in [6.07, 6.45) is 15.2. The molecule has 8 heteroatoms. The molecule has 2 unspecified atom stereocenters. The van der Waals surface area contributed by atoms with E-state index in [1.54, 1.807) is 0 Å². The Hall–Kier alpha value is -1.90. The van der Waals surface area contributed by atoms with Gasteiger partial charge in [0.2, 0.25) is 0 Å². The van der Waals surface area contributed by atoms with Gasteiger partial charge in [0.05, 0.1) is 32.4 Å². The van der Waals surface area contributed by atoms with E-state index in [2.05, 4.69) is 27.7 Å². The molecule has 0 N–H and O–H groups in total. The minimum Gasteiger partial charge on any atom is -0.224 e. The Kier molecular flexibility index (Phi) is 17.4. The van der Waals surface area contributed by atoms with Gasteiger partial charge >= 0.3 is 0 Å². The average molecular weight is 593 g/mol. The highest BCUT2D eigenvalue weighted by Gasteiger charge is 2.32. The van der Waals surface area contributed by atoms with Crippen molar-refractivity contribution >= 4 is 19.7 Å². The SMILES string of the molecule is CCCCCCC(CCCC)CS(=O)(=O)c1cc(C#N)c(C#N)cc1S(=O)(=O)CC(CCCC)CCCCCC. The van der Waals surface area contributed by atoms with E-state index in [1.807, 2.05) is 12.1 Å². The summed E-state index contributed by atoms with van der Waals surface area (Å²) in [5, 5.41) is 19.3. The summed E-state index contributed by atoms with van der Waals surface area (Å²) in [6, 6.07) is 6.07. The van der Waals surface area contributed by atoms with Crippen LogP contribution >= 0.6 is 0 Å². The van der Waals surface area contributed by atoms with E-state index in [0.29, 0.717) is 0 Å². The summed E-state index contributed by atoms with van der Waals surface area (Å²) in [7, 11) is -8.04. The van der Waals surface area contributed by atoms with Gasteiger partial charge in [0.25, 0.3) is 0 Å². The third kappa shape index (κ3) is 12.3. The summed E-state index contributed by atoms with van der Waals surface area (Å²) < 4.78 is 55.5. The van der Waals surface area contributed by atoms with Gasteiger partial charge in [0.1, 0.15) is 12.1 Å². The molecular formula is C32H52N2O4S2. The summed E-state index contributed by atoms with van der Waals surface area (Å²) in [6.45, 7) is 8.42. The molecular weight excluding hydrogens is 540 g/mol. The van der Waals surface area contributed by atoms with Crippen LogP contribution in [0.3, 0.4) is 0 Å². The number of nitrogens with zero attached hydrogens (tertiary/aromatic N) is 2. The molecule has 0 saturated heterocycles. The van der Waals surface area contributed by atoms with Crippen LogP contribution in [0.4, 0.5) is 0 Å². The fourth-order valence-electron chi connectivity index (χ4n) is 5.36. The zero-order valence-corrected chi connectivity index (χ0v) is 27.0. The van der Waals surface area contributed by atoms with Crippen molar-refractivity contribution in [2.75, 3.05) is 11.5 Å².